The number of methoxy groups -OCH3 is 1. The first-order valence-electron chi connectivity index (χ1n) is 6.49. The smallest absolute Gasteiger partial charge is 0.407 e. The molecule has 0 radical (unpaired) electrons. The summed E-state index contributed by atoms with van der Waals surface area (Å²) in [6.45, 7) is 2.08. The van der Waals surface area contributed by atoms with Crippen molar-refractivity contribution >= 4 is 23.4 Å². The number of benzene rings is 1. The van der Waals surface area contributed by atoms with Gasteiger partial charge in [-0.25, -0.2) is 4.79 Å². The average Bonchev–Trinajstić information content (AvgIpc) is 2.87. The van der Waals surface area contributed by atoms with Crippen molar-refractivity contribution in [3.63, 3.8) is 0 Å². The highest BCUT2D eigenvalue weighted by molar-refractivity contribution is 6.32. The number of ether oxygens (including phenoxy) is 1. The van der Waals surface area contributed by atoms with Gasteiger partial charge in [0.2, 0.25) is 0 Å². The molecule has 1 fully saturated rings. The van der Waals surface area contributed by atoms with E-state index in [-0.39, 0.29) is 16.8 Å². The minimum atomic E-state index is -0.489. The molecule has 0 aromatic heterocycles. The maximum absolute atomic E-state index is 11.1. The van der Waals surface area contributed by atoms with Crippen LogP contribution in [0.3, 0.4) is 0 Å². The van der Waals surface area contributed by atoms with Crippen molar-refractivity contribution in [1.29, 1.82) is 0 Å². The number of alkyl carbamates (subject to hydrolysis) is 1. The molecule has 1 atom stereocenters. The Bertz CT molecular complexity index is 552. The molecule has 0 spiro atoms. The van der Waals surface area contributed by atoms with Crippen molar-refractivity contribution in [3.05, 3.63) is 38.9 Å². The van der Waals surface area contributed by atoms with Gasteiger partial charge in [-0.15, -0.1) is 0 Å². The largest absolute Gasteiger partial charge is 0.453 e. The Labute approximate surface area is 127 Å². The Balaban J connectivity index is 1.96. The van der Waals surface area contributed by atoms with Crippen LogP contribution in [0.2, 0.25) is 5.02 Å². The number of hydrogen-bond donors (Lipinski definition) is 1. The second kappa shape index (κ2) is 6.73. The van der Waals surface area contributed by atoms with Crippen LogP contribution in [0.15, 0.2) is 18.2 Å². The van der Waals surface area contributed by atoms with E-state index in [9.17, 15) is 14.9 Å². The van der Waals surface area contributed by atoms with Crippen LogP contribution in [0.1, 0.15) is 12.0 Å². The summed E-state index contributed by atoms with van der Waals surface area (Å²) >= 11 is 5.79. The highest BCUT2D eigenvalue weighted by Gasteiger charge is 2.24. The predicted octanol–water partition coefficient (Wildman–Crippen LogP) is 2.18. The third-order valence-electron chi connectivity index (χ3n) is 3.39. The summed E-state index contributed by atoms with van der Waals surface area (Å²) in [6, 6.07) is 4.84. The van der Waals surface area contributed by atoms with Gasteiger partial charge in [-0.05, 0) is 18.1 Å². The lowest BCUT2D eigenvalue weighted by atomic mass is 10.2. The molecule has 1 amide bonds. The molecular weight excluding hydrogens is 298 g/mol. The number of carbonyl (C=O) groups is 1. The van der Waals surface area contributed by atoms with Gasteiger partial charge in [-0.2, -0.15) is 0 Å². The second-order valence-corrected chi connectivity index (χ2v) is 5.31. The van der Waals surface area contributed by atoms with E-state index in [0.29, 0.717) is 13.1 Å². The highest BCUT2D eigenvalue weighted by atomic mass is 35.5. The minimum Gasteiger partial charge on any atom is -0.453 e. The fourth-order valence-corrected chi connectivity index (χ4v) is 2.56. The fourth-order valence-electron chi connectivity index (χ4n) is 2.37. The first-order chi connectivity index (χ1) is 9.99. The van der Waals surface area contributed by atoms with Crippen LogP contribution < -0.4 is 5.32 Å². The Morgan fingerprint density at radius 2 is 2.38 bits per heavy atom. The molecule has 1 N–H and O–H groups in total. The third kappa shape index (κ3) is 4.05. The quantitative estimate of drug-likeness (QED) is 0.680. The molecule has 1 saturated heterocycles. The van der Waals surface area contributed by atoms with Gasteiger partial charge in [-0.3, -0.25) is 15.0 Å². The molecule has 1 heterocycles. The van der Waals surface area contributed by atoms with E-state index >= 15 is 0 Å². The van der Waals surface area contributed by atoms with Crippen LogP contribution in [-0.4, -0.2) is 42.2 Å². The van der Waals surface area contributed by atoms with Gasteiger partial charge in [-0.1, -0.05) is 17.7 Å². The first-order valence-corrected chi connectivity index (χ1v) is 6.87. The molecule has 1 aliphatic heterocycles. The summed E-state index contributed by atoms with van der Waals surface area (Å²) in [5.74, 6) is 0. The molecule has 1 unspecified atom stereocenters. The van der Waals surface area contributed by atoms with E-state index in [1.54, 1.807) is 6.07 Å². The molecule has 1 aromatic carbocycles. The van der Waals surface area contributed by atoms with Gasteiger partial charge in [0, 0.05) is 31.7 Å². The van der Waals surface area contributed by atoms with Crippen LogP contribution in [-0.2, 0) is 11.3 Å². The molecule has 8 heteroatoms. The topological polar surface area (TPSA) is 84.7 Å². The van der Waals surface area contributed by atoms with Gasteiger partial charge >= 0.3 is 6.09 Å². The Morgan fingerprint density at radius 1 is 1.62 bits per heavy atom. The molecule has 2 rings (SSSR count). The molecule has 7 nitrogen and oxygen atoms in total. The zero-order valence-corrected chi connectivity index (χ0v) is 12.3. The number of halogens is 1. The number of nitro groups is 1. The van der Waals surface area contributed by atoms with Gasteiger partial charge in [0.15, 0.2) is 0 Å². The van der Waals surface area contributed by atoms with E-state index in [1.807, 2.05) is 0 Å². The van der Waals surface area contributed by atoms with Gasteiger partial charge in [0.05, 0.1) is 12.0 Å². The Morgan fingerprint density at radius 3 is 3.05 bits per heavy atom. The maximum atomic E-state index is 11.1. The maximum Gasteiger partial charge on any atom is 0.407 e. The van der Waals surface area contributed by atoms with Crippen molar-refractivity contribution < 1.29 is 14.5 Å². The van der Waals surface area contributed by atoms with E-state index in [1.165, 1.54) is 19.2 Å². The minimum absolute atomic E-state index is 0.0414. The standard InChI is InChI=1S/C13H16ClN3O4/c1-21-13(18)15-10-4-5-16(8-10)7-9-2-3-11(14)12(6-9)17(19)20/h2-3,6,10H,4-5,7-8H2,1H3,(H,15,18). The average molecular weight is 314 g/mol. The predicted molar refractivity (Wildman–Crippen MR) is 77.3 cm³/mol. The number of rotatable bonds is 4. The fraction of sp³-hybridized carbons (Fsp3) is 0.462. The number of nitrogens with zero attached hydrogens (tertiary/aromatic N) is 2. The van der Waals surface area contributed by atoms with Crippen LogP contribution in [0, 0.1) is 10.1 Å². The Kier molecular flexibility index (Phi) is 4.98. The summed E-state index contributed by atoms with van der Waals surface area (Å²) in [5, 5.41) is 13.7. The molecule has 1 aliphatic rings. The van der Waals surface area contributed by atoms with Gasteiger partial charge in [0.25, 0.3) is 5.69 Å². The van der Waals surface area contributed by atoms with E-state index < -0.39 is 11.0 Å². The van der Waals surface area contributed by atoms with Crippen LogP contribution in [0.5, 0.6) is 0 Å². The monoisotopic (exact) mass is 313 g/mol. The Hall–Kier alpha value is -1.86. The lowest BCUT2D eigenvalue weighted by Crippen LogP contribution is -2.36. The van der Waals surface area contributed by atoms with Crippen LogP contribution in [0.25, 0.3) is 0 Å². The zero-order chi connectivity index (χ0) is 15.4. The molecule has 21 heavy (non-hydrogen) atoms. The molecule has 0 aliphatic carbocycles. The molecule has 0 bridgehead atoms. The lowest BCUT2D eigenvalue weighted by Gasteiger charge is -2.16. The molecular formula is C13H16ClN3O4. The first kappa shape index (κ1) is 15.5. The van der Waals surface area contributed by atoms with Crippen LogP contribution >= 0.6 is 11.6 Å². The number of carbonyl (C=O) groups excluding carboxylic acids is 1. The second-order valence-electron chi connectivity index (χ2n) is 4.90. The van der Waals surface area contributed by atoms with Crippen molar-refractivity contribution in [2.45, 2.75) is 19.0 Å². The normalized spacial score (nSPS) is 18.5. The number of nitrogens with one attached hydrogen (secondary N) is 1. The molecule has 0 saturated carbocycles. The zero-order valence-electron chi connectivity index (χ0n) is 11.5. The van der Waals surface area contributed by atoms with E-state index in [4.69, 9.17) is 11.6 Å². The summed E-state index contributed by atoms with van der Waals surface area (Å²) in [7, 11) is 1.33. The van der Waals surface area contributed by atoms with E-state index in [0.717, 1.165) is 18.5 Å². The SMILES string of the molecule is COC(=O)NC1CCN(Cc2ccc(Cl)c([N+](=O)[O-])c2)C1. The summed E-state index contributed by atoms with van der Waals surface area (Å²) in [6.07, 6.45) is 0.383. The third-order valence-corrected chi connectivity index (χ3v) is 3.71. The summed E-state index contributed by atoms with van der Waals surface area (Å²) in [4.78, 5) is 23.6. The summed E-state index contributed by atoms with van der Waals surface area (Å²) in [5.41, 5.74) is 0.738. The van der Waals surface area contributed by atoms with Crippen LogP contribution in [0.4, 0.5) is 10.5 Å². The lowest BCUT2D eigenvalue weighted by molar-refractivity contribution is -0.384. The number of amides is 1. The number of nitro benzene ring substituents is 1. The molecule has 114 valence electrons. The summed E-state index contributed by atoms with van der Waals surface area (Å²) < 4.78 is 4.56. The number of likely N-dealkylation sites (tertiary alicyclic amines) is 1. The van der Waals surface area contributed by atoms with E-state index in [2.05, 4.69) is 15.0 Å². The van der Waals surface area contributed by atoms with Crippen molar-refractivity contribution in [2.24, 2.45) is 0 Å². The van der Waals surface area contributed by atoms with Gasteiger partial charge < -0.3 is 10.1 Å². The highest BCUT2D eigenvalue weighted by Crippen LogP contribution is 2.26. The molecule has 1 aromatic rings. The van der Waals surface area contributed by atoms with Crippen molar-refractivity contribution in [2.75, 3.05) is 20.2 Å². The van der Waals surface area contributed by atoms with Crippen molar-refractivity contribution in [1.82, 2.24) is 10.2 Å². The van der Waals surface area contributed by atoms with Crippen molar-refractivity contribution in [3.8, 4) is 0 Å². The van der Waals surface area contributed by atoms with Gasteiger partial charge in [0.1, 0.15) is 5.02 Å². The number of hydrogen-bond acceptors (Lipinski definition) is 5.